The van der Waals surface area contributed by atoms with Gasteiger partial charge in [0.2, 0.25) is 0 Å². The highest BCUT2D eigenvalue weighted by Gasteiger charge is 2.82. The number of rotatable bonds is 0. The lowest BCUT2D eigenvalue weighted by Crippen LogP contribution is -2.45. The molecule has 2 bridgehead atoms. The summed E-state index contributed by atoms with van der Waals surface area (Å²) in [5.41, 5.74) is 0. The smallest absolute Gasteiger partial charge is 0.268 e. The van der Waals surface area contributed by atoms with E-state index in [9.17, 15) is 4.21 Å². The van der Waals surface area contributed by atoms with Gasteiger partial charge in [-0.05, 0) is 0 Å². The molecule has 0 spiro atoms. The molecule has 0 aromatic rings. The minimum atomic E-state index is -1.86. The van der Waals surface area contributed by atoms with Gasteiger partial charge in [-0.15, -0.1) is 23.2 Å². The summed E-state index contributed by atoms with van der Waals surface area (Å²) in [4.78, 5) is -2.78. The van der Waals surface area contributed by atoms with Crippen LogP contribution in [0.5, 0.6) is 0 Å². The Hall–Kier alpha value is 2.32. The van der Waals surface area contributed by atoms with Crippen LogP contribution in [0, 0.1) is 11.8 Å². The summed E-state index contributed by atoms with van der Waals surface area (Å²) < 4.78 is 19.7. The van der Waals surface area contributed by atoms with Gasteiger partial charge in [-0.1, -0.05) is 46.4 Å². The zero-order valence-electron chi connectivity index (χ0n) is 8.97. The number of allylic oxidation sites excluding steroid dienone is 2. The molecule has 1 saturated heterocycles. The maximum Gasteiger partial charge on any atom is 0.316 e. The number of fused-ring (bicyclic) bond motifs is 5. The monoisotopic (exact) mass is 430 g/mol. The van der Waals surface area contributed by atoms with Gasteiger partial charge in [0, 0.05) is 11.8 Å². The van der Waals surface area contributed by atoms with Crippen molar-refractivity contribution in [2.45, 2.75) is 14.1 Å². The van der Waals surface area contributed by atoms with Gasteiger partial charge >= 0.3 is 34.4 Å². The fourth-order valence-electron chi connectivity index (χ4n) is 2.96. The zero-order chi connectivity index (χ0) is 14.2. The quantitative estimate of drug-likeness (QED) is 0.436. The van der Waals surface area contributed by atoms with E-state index in [0.717, 1.165) is 0 Å². The van der Waals surface area contributed by atoms with Crippen LogP contribution in [0.4, 0.5) is 0 Å². The first-order chi connectivity index (χ1) is 8.69. The highest BCUT2D eigenvalue weighted by atomic mass is 35.5. The normalized spacial score (nSPS) is 49.6. The molecule has 1 heterocycles. The van der Waals surface area contributed by atoms with Crippen molar-refractivity contribution in [3.05, 3.63) is 10.1 Å². The van der Waals surface area contributed by atoms with Crippen molar-refractivity contribution >= 4 is 104 Å². The summed E-state index contributed by atoms with van der Waals surface area (Å²) >= 11 is 36.4. The standard InChI is InChI=1S/C9H6Cl6O3S.Mg.2H/c10-5-6(11)8(13)4-2-18-19(16)17-1-3(4)7(5,12)9(8,14)15;;;/h3-4H,1-2H2;;;. The van der Waals surface area contributed by atoms with E-state index < -0.39 is 37.3 Å². The van der Waals surface area contributed by atoms with Crippen molar-refractivity contribution in [3.63, 3.8) is 0 Å². The average Bonchev–Trinajstić information content (AvgIpc) is 2.54. The van der Waals surface area contributed by atoms with Crippen molar-refractivity contribution in [2.24, 2.45) is 11.8 Å². The molecule has 3 nitrogen and oxygen atoms in total. The van der Waals surface area contributed by atoms with Crippen molar-refractivity contribution in [2.75, 3.05) is 13.2 Å². The van der Waals surface area contributed by atoms with Crippen molar-refractivity contribution < 1.29 is 12.6 Å². The second-order valence-corrected chi connectivity index (χ2v) is 8.77. The summed E-state index contributed by atoms with van der Waals surface area (Å²) in [6, 6.07) is 0. The summed E-state index contributed by atoms with van der Waals surface area (Å²) in [7, 11) is 0. The van der Waals surface area contributed by atoms with Gasteiger partial charge in [0.25, 0.3) is 0 Å². The molecule has 0 aromatic carbocycles. The number of halogens is 6. The van der Waals surface area contributed by atoms with E-state index in [-0.39, 0.29) is 46.3 Å². The highest BCUT2D eigenvalue weighted by molar-refractivity contribution is 7.75. The molecule has 2 aliphatic carbocycles. The molecule has 3 aliphatic rings. The topological polar surface area (TPSA) is 35.5 Å². The molecule has 1 aliphatic heterocycles. The summed E-state index contributed by atoms with van der Waals surface area (Å²) in [5.74, 6) is -0.911. The van der Waals surface area contributed by atoms with Gasteiger partial charge in [0.05, 0.1) is 23.3 Å². The minimum absolute atomic E-state index is 0. The predicted octanol–water partition coefficient (Wildman–Crippen LogP) is 2.77. The molecule has 4 atom stereocenters. The van der Waals surface area contributed by atoms with E-state index in [0.29, 0.717) is 0 Å². The van der Waals surface area contributed by atoms with Crippen LogP contribution in [-0.4, -0.2) is 54.6 Å². The van der Waals surface area contributed by atoms with Gasteiger partial charge in [0.1, 0.15) is 9.75 Å². The predicted molar refractivity (Wildman–Crippen MR) is 85.9 cm³/mol. The molecule has 0 N–H and O–H groups in total. The second-order valence-electron chi connectivity index (χ2n) is 4.61. The van der Waals surface area contributed by atoms with Crippen LogP contribution in [0.3, 0.4) is 0 Å². The van der Waals surface area contributed by atoms with E-state index in [1.54, 1.807) is 0 Å². The van der Waals surface area contributed by atoms with Crippen LogP contribution in [0.25, 0.3) is 0 Å². The maximum atomic E-state index is 11.3. The molecule has 20 heavy (non-hydrogen) atoms. The summed E-state index contributed by atoms with van der Waals surface area (Å²) in [6.45, 7) is 0.0215. The van der Waals surface area contributed by atoms with Crippen molar-refractivity contribution in [3.8, 4) is 0 Å². The lowest BCUT2D eigenvalue weighted by atomic mass is 9.83. The second kappa shape index (κ2) is 5.69. The van der Waals surface area contributed by atoms with Crippen LogP contribution in [0.15, 0.2) is 10.1 Å². The first kappa shape index (κ1) is 18.7. The molecule has 4 unspecified atom stereocenters. The highest BCUT2D eigenvalue weighted by Crippen LogP contribution is 2.76. The Bertz CT molecular complexity index is 476. The molecule has 112 valence electrons. The number of hydrogen-bond acceptors (Lipinski definition) is 3. The van der Waals surface area contributed by atoms with E-state index in [2.05, 4.69) is 0 Å². The Morgan fingerprint density at radius 3 is 1.65 bits per heavy atom. The largest absolute Gasteiger partial charge is 0.316 e. The molecule has 0 aromatic heterocycles. The molecule has 1 saturated carbocycles. The third-order valence-corrected chi connectivity index (χ3v) is 8.95. The first-order valence-corrected chi connectivity index (χ1v) is 8.46. The van der Waals surface area contributed by atoms with Gasteiger partial charge in [-0.3, -0.25) is 8.37 Å². The SMILES string of the molecule is O=S1OCC2C(CO1)C1(Cl)C(Cl)=C(Cl)C2(Cl)C1(Cl)Cl.[MgH2]. The van der Waals surface area contributed by atoms with E-state index in [1.165, 1.54) is 0 Å². The van der Waals surface area contributed by atoms with Crippen molar-refractivity contribution in [1.82, 2.24) is 0 Å². The summed E-state index contributed by atoms with van der Waals surface area (Å²) in [6.07, 6.45) is 0. The Morgan fingerprint density at radius 1 is 0.950 bits per heavy atom. The molecular weight excluding hydrogens is 425 g/mol. The number of hydrogen-bond donors (Lipinski definition) is 0. The Kier molecular flexibility index (Phi) is 5.31. The van der Waals surface area contributed by atoms with Gasteiger partial charge < -0.3 is 0 Å². The van der Waals surface area contributed by atoms with Crippen LogP contribution in [0.2, 0.25) is 0 Å². The van der Waals surface area contributed by atoms with Gasteiger partial charge in [-0.25, -0.2) is 0 Å². The lowest BCUT2D eigenvalue weighted by molar-refractivity contribution is 0.207. The fourth-order valence-corrected chi connectivity index (χ4v) is 6.60. The summed E-state index contributed by atoms with van der Waals surface area (Å²) in [5, 5.41) is 0.210. The van der Waals surface area contributed by atoms with Crippen LogP contribution in [0.1, 0.15) is 0 Å². The maximum absolute atomic E-state index is 11.3. The average molecular weight is 433 g/mol. The van der Waals surface area contributed by atoms with Crippen LogP contribution in [-0.2, 0) is 19.7 Å². The molecule has 11 heteroatoms. The van der Waals surface area contributed by atoms with E-state index in [1.807, 2.05) is 0 Å². The van der Waals surface area contributed by atoms with Crippen LogP contribution >= 0.6 is 69.6 Å². The van der Waals surface area contributed by atoms with E-state index >= 15 is 0 Å². The van der Waals surface area contributed by atoms with Gasteiger partial charge in [-0.2, -0.15) is 4.21 Å². The molecule has 3 rings (SSSR count). The third-order valence-electron chi connectivity index (χ3n) is 3.94. The van der Waals surface area contributed by atoms with Gasteiger partial charge in [0.15, 0.2) is 4.33 Å². The lowest BCUT2D eigenvalue weighted by Gasteiger charge is -2.33. The Balaban J connectivity index is 0.00000147. The number of alkyl halides is 4. The fraction of sp³-hybridized carbons (Fsp3) is 0.778. The zero-order valence-corrected chi connectivity index (χ0v) is 14.3. The third kappa shape index (κ3) is 1.95. The van der Waals surface area contributed by atoms with Crippen molar-refractivity contribution in [1.29, 1.82) is 0 Å². The molecule has 2 fully saturated rings. The first-order valence-electron chi connectivity index (χ1n) is 5.19. The van der Waals surface area contributed by atoms with E-state index in [4.69, 9.17) is 78.0 Å². The molecule has 0 amide bonds. The molecule has 0 radical (unpaired) electrons. The Labute approximate surface area is 164 Å². The Morgan fingerprint density at radius 2 is 1.30 bits per heavy atom. The minimum Gasteiger partial charge on any atom is -0.268 e. The van der Waals surface area contributed by atoms with Crippen LogP contribution < -0.4 is 0 Å². The molecular formula is C9H8Cl6MgO3S.